The van der Waals surface area contributed by atoms with Gasteiger partial charge in [-0.05, 0) is 42.6 Å². The van der Waals surface area contributed by atoms with E-state index in [1.807, 2.05) is 30.5 Å². The fourth-order valence-electron chi connectivity index (χ4n) is 2.29. The maximum atomic E-state index is 6.01. The van der Waals surface area contributed by atoms with Crippen LogP contribution in [0.25, 0.3) is 10.9 Å². The molecule has 0 saturated heterocycles. The lowest BCUT2D eigenvalue weighted by Crippen LogP contribution is -2.17. The first-order valence-electron chi connectivity index (χ1n) is 6.55. The minimum atomic E-state index is 0.370. The normalized spacial score (nSPS) is 12.5. The molecule has 1 unspecified atom stereocenters. The quantitative estimate of drug-likeness (QED) is 0.734. The first kappa shape index (κ1) is 13.4. The Morgan fingerprint density at radius 2 is 2.20 bits per heavy atom. The number of fused-ring (bicyclic) bond motifs is 1. The summed E-state index contributed by atoms with van der Waals surface area (Å²) in [6.45, 7) is 2.20. The Balaban J connectivity index is 1.83. The molecule has 0 fully saturated rings. The summed E-state index contributed by atoms with van der Waals surface area (Å²) in [7, 11) is 0. The van der Waals surface area contributed by atoms with Crippen molar-refractivity contribution in [2.75, 3.05) is 5.32 Å². The van der Waals surface area contributed by atoms with Crippen LogP contribution in [0.1, 0.15) is 11.8 Å². The van der Waals surface area contributed by atoms with Crippen LogP contribution in [0.15, 0.2) is 48.0 Å². The maximum Gasteiger partial charge on any atom is 0.0737 e. The summed E-state index contributed by atoms with van der Waals surface area (Å²) in [4.78, 5) is 5.76. The summed E-state index contributed by atoms with van der Waals surface area (Å²) in [6.07, 6.45) is 2.84. The predicted octanol–water partition coefficient (Wildman–Crippen LogP) is 4.99. The molecule has 102 valence electrons. The topological polar surface area (TPSA) is 24.9 Å². The zero-order chi connectivity index (χ0) is 13.9. The highest BCUT2D eigenvalue weighted by atomic mass is 35.5. The van der Waals surface area contributed by atoms with Crippen molar-refractivity contribution in [2.24, 2.45) is 0 Å². The van der Waals surface area contributed by atoms with E-state index in [1.54, 1.807) is 11.3 Å². The second kappa shape index (κ2) is 5.81. The van der Waals surface area contributed by atoms with E-state index >= 15 is 0 Å². The van der Waals surface area contributed by atoms with Crippen LogP contribution in [0.2, 0.25) is 5.02 Å². The first-order chi connectivity index (χ1) is 9.72. The van der Waals surface area contributed by atoms with Crippen molar-refractivity contribution in [2.45, 2.75) is 19.4 Å². The van der Waals surface area contributed by atoms with Crippen LogP contribution in [0.3, 0.4) is 0 Å². The Kier molecular flexibility index (Phi) is 3.90. The van der Waals surface area contributed by atoms with Crippen LogP contribution in [0.4, 0.5) is 5.69 Å². The van der Waals surface area contributed by atoms with Gasteiger partial charge >= 0.3 is 0 Å². The first-order valence-corrected chi connectivity index (χ1v) is 7.81. The molecule has 0 aliphatic rings. The van der Waals surface area contributed by atoms with E-state index in [-0.39, 0.29) is 0 Å². The van der Waals surface area contributed by atoms with E-state index < -0.39 is 0 Å². The summed E-state index contributed by atoms with van der Waals surface area (Å²) in [5.41, 5.74) is 2.03. The van der Waals surface area contributed by atoms with Crippen molar-refractivity contribution >= 4 is 39.5 Å². The molecule has 0 radical (unpaired) electrons. The van der Waals surface area contributed by atoms with Crippen LogP contribution in [0.5, 0.6) is 0 Å². The number of pyridine rings is 1. The maximum absolute atomic E-state index is 6.01. The van der Waals surface area contributed by atoms with Crippen LogP contribution in [-0.2, 0) is 6.42 Å². The van der Waals surface area contributed by atoms with Gasteiger partial charge in [-0.25, -0.2) is 0 Å². The lowest BCUT2D eigenvalue weighted by Gasteiger charge is -2.16. The van der Waals surface area contributed by atoms with Crippen LogP contribution >= 0.6 is 22.9 Å². The molecule has 2 heterocycles. The zero-order valence-corrected chi connectivity index (χ0v) is 12.7. The Bertz CT molecular complexity index is 710. The van der Waals surface area contributed by atoms with Gasteiger partial charge in [0.15, 0.2) is 0 Å². The standard InChI is InChI=1S/C16H15ClN2S/c1-11(9-13-3-2-8-20-13)19-15-6-7-18-16-10-12(17)4-5-14(15)16/h2-8,10-11H,9H2,1H3,(H,18,19). The largest absolute Gasteiger partial charge is 0.382 e. The minimum absolute atomic E-state index is 0.370. The van der Waals surface area contributed by atoms with Crippen molar-refractivity contribution in [1.82, 2.24) is 4.98 Å². The third-order valence-electron chi connectivity index (χ3n) is 3.19. The smallest absolute Gasteiger partial charge is 0.0737 e. The summed E-state index contributed by atoms with van der Waals surface area (Å²) < 4.78 is 0. The average molecular weight is 303 g/mol. The molecule has 2 aromatic heterocycles. The molecule has 1 N–H and O–H groups in total. The van der Waals surface area contributed by atoms with Gasteiger partial charge in [-0.2, -0.15) is 0 Å². The van der Waals surface area contributed by atoms with Gasteiger partial charge < -0.3 is 5.32 Å². The predicted molar refractivity (Wildman–Crippen MR) is 87.9 cm³/mol. The lowest BCUT2D eigenvalue weighted by molar-refractivity contribution is 0.802. The molecule has 0 aliphatic heterocycles. The molecule has 3 rings (SSSR count). The molecule has 0 bridgehead atoms. The number of aromatic nitrogens is 1. The van der Waals surface area contributed by atoms with Crippen LogP contribution < -0.4 is 5.32 Å². The van der Waals surface area contributed by atoms with E-state index in [0.29, 0.717) is 11.1 Å². The van der Waals surface area contributed by atoms with Crippen molar-refractivity contribution in [3.8, 4) is 0 Å². The highest BCUT2D eigenvalue weighted by Gasteiger charge is 2.07. The van der Waals surface area contributed by atoms with E-state index in [1.165, 1.54) is 4.88 Å². The number of anilines is 1. The van der Waals surface area contributed by atoms with Crippen molar-refractivity contribution in [3.05, 3.63) is 57.9 Å². The van der Waals surface area contributed by atoms with Gasteiger partial charge in [0.05, 0.1) is 5.52 Å². The molecule has 4 heteroatoms. The second-order valence-corrected chi connectivity index (χ2v) is 6.32. The highest BCUT2D eigenvalue weighted by molar-refractivity contribution is 7.09. The summed E-state index contributed by atoms with van der Waals surface area (Å²) in [5.74, 6) is 0. The van der Waals surface area contributed by atoms with Crippen molar-refractivity contribution in [3.63, 3.8) is 0 Å². The van der Waals surface area contributed by atoms with Gasteiger partial charge in [0, 0.05) is 39.6 Å². The molecule has 20 heavy (non-hydrogen) atoms. The Morgan fingerprint density at radius 1 is 1.30 bits per heavy atom. The third-order valence-corrected chi connectivity index (χ3v) is 4.33. The number of nitrogens with one attached hydrogen (secondary N) is 1. The van der Waals surface area contributed by atoms with Crippen molar-refractivity contribution < 1.29 is 0 Å². The number of hydrogen-bond acceptors (Lipinski definition) is 3. The van der Waals surface area contributed by atoms with Crippen molar-refractivity contribution in [1.29, 1.82) is 0 Å². The fraction of sp³-hybridized carbons (Fsp3) is 0.188. The molecule has 0 saturated carbocycles. The molecule has 1 aromatic carbocycles. The van der Waals surface area contributed by atoms with E-state index in [2.05, 4.69) is 34.7 Å². The molecule has 2 nitrogen and oxygen atoms in total. The average Bonchev–Trinajstić information content (AvgIpc) is 2.91. The summed E-state index contributed by atoms with van der Waals surface area (Å²) in [5, 5.41) is 7.51. The van der Waals surface area contributed by atoms with E-state index in [4.69, 9.17) is 11.6 Å². The number of thiophene rings is 1. The minimum Gasteiger partial charge on any atom is -0.382 e. The monoisotopic (exact) mass is 302 g/mol. The van der Waals surface area contributed by atoms with Crippen LogP contribution in [-0.4, -0.2) is 11.0 Å². The van der Waals surface area contributed by atoms with Gasteiger partial charge in [-0.3, -0.25) is 4.98 Å². The molecule has 3 aromatic rings. The molecule has 1 atom stereocenters. The summed E-state index contributed by atoms with van der Waals surface area (Å²) in [6, 6.07) is 12.5. The molecule has 0 spiro atoms. The lowest BCUT2D eigenvalue weighted by atomic mass is 10.1. The van der Waals surface area contributed by atoms with Gasteiger partial charge in [-0.1, -0.05) is 17.7 Å². The van der Waals surface area contributed by atoms with Gasteiger partial charge in [0.1, 0.15) is 0 Å². The van der Waals surface area contributed by atoms with E-state index in [9.17, 15) is 0 Å². The number of halogens is 1. The highest BCUT2D eigenvalue weighted by Crippen LogP contribution is 2.25. The molecular formula is C16H15ClN2S. The molecule has 0 aliphatic carbocycles. The third kappa shape index (κ3) is 2.94. The van der Waals surface area contributed by atoms with E-state index in [0.717, 1.165) is 23.0 Å². The number of rotatable bonds is 4. The fourth-order valence-corrected chi connectivity index (χ4v) is 3.30. The molecular weight excluding hydrogens is 288 g/mol. The Morgan fingerprint density at radius 3 is 3.00 bits per heavy atom. The van der Waals surface area contributed by atoms with Crippen LogP contribution in [0, 0.1) is 0 Å². The second-order valence-electron chi connectivity index (χ2n) is 4.85. The van der Waals surface area contributed by atoms with Gasteiger partial charge in [-0.15, -0.1) is 11.3 Å². The Labute approximate surface area is 127 Å². The molecule has 0 amide bonds. The van der Waals surface area contributed by atoms with Gasteiger partial charge in [0.2, 0.25) is 0 Å². The zero-order valence-electron chi connectivity index (χ0n) is 11.1. The van der Waals surface area contributed by atoms with Gasteiger partial charge in [0.25, 0.3) is 0 Å². The Hall–Kier alpha value is -1.58. The summed E-state index contributed by atoms with van der Waals surface area (Å²) >= 11 is 7.81. The number of benzene rings is 1. The number of nitrogens with zero attached hydrogens (tertiary/aromatic N) is 1. The number of hydrogen-bond donors (Lipinski definition) is 1. The SMILES string of the molecule is CC(Cc1cccs1)Nc1ccnc2cc(Cl)ccc12.